The molecule has 1 heterocycles. The number of hydrogen-bond acceptors (Lipinski definition) is 3. The Labute approximate surface area is 159 Å². The summed E-state index contributed by atoms with van der Waals surface area (Å²) in [6.45, 7) is 6.82. The molecule has 0 radical (unpaired) electrons. The molecule has 136 valence electrons. The van der Waals surface area contributed by atoms with Gasteiger partial charge in [0.1, 0.15) is 5.82 Å². The molecule has 0 spiro atoms. The van der Waals surface area contributed by atoms with E-state index in [1.807, 2.05) is 41.1 Å². The third-order valence-electron chi connectivity index (χ3n) is 4.22. The molecule has 2 aromatic carbocycles. The fourth-order valence-electron chi connectivity index (χ4n) is 2.68. The molecule has 0 aliphatic rings. The van der Waals surface area contributed by atoms with E-state index in [1.165, 1.54) is 0 Å². The van der Waals surface area contributed by atoms with Crippen LogP contribution in [0.5, 0.6) is 0 Å². The highest BCUT2D eigenvalue weighted by Crippen LogP contribution is 2.25. The fourth-order valence-corrected chi connectivity index (χ4v) is 2.68. The first kappa shape index (κ1) is 18.4. The van der Waals surface area contributed by atoms with E-state index in [0.29, 0.717) is 23.5 Å². The molecular weight excluding hydrogens is 336 g/mol. The molecule has 5 nitrogen and oxygen atoms in total. The molecule has 3 aromatic rings. The van der Waals surface area contributed by atoms with Gasteiger partial charge in [0.2, 0.25) is 0 Å². The number of anilines is 1. The first-order valence-corrected chi connectivity index (χ1v) is 8.80. The Bertz CT molecular complexity index is 991. The van der Waals surface area contributed by atoms with Crippen molar-refractivity contribution in [2.45, 2.75) is 32.7 Å². The molecule has 0 saturated heterocycles. The van der Waals surface area contributed by atoms with Crippen molar-refractivity contribution in [1.82, 2.24) is 9.78 Å². The van der Waals surface area contributed by atoms with Crippen molar-refractivity contribution in [3.8, 4) is 6.07 Å². The molecule has 0 atom stereocenters. The van der Waals surface area contributed by atoms with Crippen molar-refractivity contribution in [2.24, 2.45) is 0 Å². The summed E-state index contributed by atoms with van der Waals surface area (Å²) in [5.74, 6) is 0.373. The Morgan fingerprint density at radius 2 is 1.85 bits per heavy atom. The lowest BCUT2D eigenvalue weighted by atomic mass is 9.92. The summed E-state index contributed by atoms with van der Waals surface area (Å²) in [5.41, 5.74) is 2.76. The Morgan fingerprint density at radius 3 is 2.52 bits per heavy atom. The largest absolute Gasteiger partial charge is 0.307 e. The van der Waals surface area contributed by atoms with Crippen LogP contribution in [0.2, 0.25) is 0 Å². The maximum atomic E-state index is 12.7. The normalized spacial score (nSPS) is 11.0. The molecule has 0 fully saturated rings. The van der Waals surface area contributed by atoms with Gasteiger partial charge in [-0.2, -0.15) is 10.4 Å². The quantitative estimate of drug-likeness (QED) is 0.753. The number of nitrogens with one attached hydrogen (secondary N) is 1. The number of rotatable bonds is 4. The van der Waals surface area contributed by atoms with Crippen molar-refractivity contribution < 1.29 is 4.79 Å². The standard InChI is InChI=1S/C22H22N4O/c1-22(2,3)19-13-20(26(25-19)15-16-8-5-4-6-9-16)24-21(27)18-11-7-10-17(12-18)14-23/h4-13H,15H2,1-3H3,(H,24,27). The smallest absolute Gasteiger partial charge is 0.256 e. The van der Waals surface area contributed by atoms with Gasteiger partial charge in [0.25, 0.3) is 5.91 Å². The summed E-state index contributed by atoms with van der Waals surface area (Å²) < 4.78 is 1.81. The summed E-state index contributed by atoms with van der Waals surface area (Å²) in [6, 6.07) is 20.6. The highest BCUT2D eigenvalue weighted by Gasteiger charge is 2.21. The van der Waals surface area contributed by atoms with Crippen LogP contribution >= 0.6 is 0 Å². The maximum absolute atomic E-state index is 12.7. The minimum Gasteiger partial charge on any atom is -0.307 e. The van der Waals surface area contributed by atoms with Gasteiger partial charge in [-0.05, 0) is 23.8 Å². The SMILES string of the molecule is CC(C)(C)c1cc(NC(=O)c2cccc(C#N)c2)n(Cc2ccccc2)n1. The molecule has 0 saturated carbocycles. The van der Waals surface area contributed by atoms with Crippen molar-refractivity contribution in [3.05, 3.63) is 83.0 Å². The molecular formula is C22H22N4O. The molecule has 3 rings (SSSR count). The molecule has 1 amide bonds. The number of benzene rings is 2. The van der Waals surface area contributed by atoms with Crippen LogP contribution in [0.25, 0.3) is 0 Å². The maximum Gasteiger partial charge on any atom is 0.256 e. The van der Waals surface area contributed by atoms with Crippen LogP contribution in [0.15, 0.2) is 60.7 Å². The zero-order chi connectivity index (χ0) is 19.4. The second kappa shape index (κ2) is 7.46. The molecule has 0 unspecified atom stereocenters. The number of hydrogen-bond donors (Lipinski definition) is 1. The second-order valence-corrected chi connectivity index (χ2v) is 7.45. The number of carbonyl (C=O) groups is 1. The van der Waals surface area contributed by atoms with E-state index < -0.39 is 0 Å². The Kier molecular flexibility index (Phi) is 5.09. The zero-order valence-electron chi connectivity index (χ0n) is 15.7. The van der Waals surface area contributed by atoms with Crippen LogP contribution in [0.4, 0.5) is 5.82 Å². The van der Waals surface area contributed by atoms with Gasteiger partial charge < -0.3 is 5.32 Å². The van der Waals surface area contributed by atoms with E-state index in [1.54, 1.807) is 24.3 Å². The summed E-state index contributed by atoms with van der Waals surface area (Å²) in [7, 11) is 0. The molecule has 5 heteroatoms. The fraction of sp³-hybridized carbons (Fsp3) is 0.227. The number of nitrogens with zero attached hydrogens (tertiary/aromatic N) is 3. The average molecular weight is 358 g/mol. The van der Waals surface area contributed by atoms with E-state index in [2.05, 4.69) is 32.2 Å². The van der Waals surface area contributed by atoms with Gasteiger partial charge in [-0.1, -0.05) is 57.2 Å². The highest BCUT2D eigenvalue weighted by molar-refractivity contribution is 6.04. The minimum atomic E-state index is -0.262. The lowest BCUT2D eigenvalue weighted by molar-refractivity contribution is 0.102. The Morgan fingerprint density at radius 1 is 1.11 bits per heavy atom. The predicted octanol–water partition coefficient (Wildman–Crippen LogP) is 4.35. The topological polar surface area (TPSA) is 70.7 Å². The van der Waals surface area contributed by atoms with Gasteiger partial charge in [-0.25, -0.2) is 4.68 Å². The lowest BCUT2D eigenvalue weighted by Crippen LogP contribution is -2.16. The predicted molar refractivity (Wildman–Crippen MR) is 106 cm³/mol. The summed E-state index contributed by atoms with van der Waals surface area (Å²) >= 11 is 0. The van der Waals surface area contributed by atoms with Crippen molar-refractivity contribution >= 4 is 11.7 Å². The average Bonchev–Trinajstić information content (AvgIpc) is 3.05. The summed E-state index contributed by atoms with van der Waals surface area (Å²) in [4.78, 5) is 12.7. The van der Waals surface area contributed by atoms with Crippen LogP contribution in [0, 0.1) is 11.3 Å². The zero-order valence-corrected chi connectivity index (χ0v) is 15.7. The lowest BCUT2D eigenvalue weighted by Gasteiger charge is -2.14. The molecule has 0 aliphatic heterocycles. The van der Waals surface area contributed by atoms with Crippen LogP contribution in [0.3, 0.4) is 0 Å². The van der Waals surface area contributed by atoms with E-state index >= 15 is 0 Å². The molecule has 0 aliphatic carbocycles. The van der Waals surface area contributed by atoms with Crippen LogP contribution in [-0.4, -0.2) is 15.7 Å². The Balaban J connectivity index is 1.92. The summed E-state index contributed by atoms with van der Waals surface area (Å²) in [5, 5.41) is 16.7. The third-order valence-corrected chi connectivity index (χ3v) is 4.22. The van der Waals surface area contributed by atoms with Crippen molar-refractivity contribution in [3.63, 3.8) is 0 Å². The van der Waals surface area contributed by atoms with Gasteiger partial charge >= 0.3 is 0 Å². The van der Waals surface area contributed by atoms with E-state index in [4.69, 9.17) is 10.4 Å². The van der Waals surface area contributed by atoms with E-state index in [0.717, 1.165) is 11.3 Å². The van der Waals surface area contributed by atoms with E-state index in [-0.39, 0.29) is 11.3 Å². The number of aromatic nitrogens is 2. The van der Waals surface area contributed by atoms with Crippen molar-refractivity contribution in [1.29, 1.82) is 5.26 Å². The highest BCUT2D eigenvalue weighted by atomic mass is 16.1. The molecule has 0 bridgehead atoms. The first-order chi connectivity index (χ1) is 12.9. The molecule has 27 heavy (non-hydrogen) atoms. The second-order valence-electron chi connectivity index (χ2n) is 7.45. The van der Waals surface area contributed by atoms with Crippen LogP contribution in [-0.2, 0) is 12.0 Å². The molecule has 1 aromatic heterocycles. The van der Waals surface area contributed by atoms with Crippen LogP contribution in [0.1, 0.15) is 48.0 Å². The number of carbonyl (C=O) groups excluding carboxylic acids is 1. The van der Waals surface area contributed by atoms with Gasteiger partial charge in [0.05, 0.1) is 23.9 Å². The van der Waals surface area contributed by atoms with Gasteiger partial charge in [-0.15, -0.1) is 0 Å². The first-order valence-electron chi connectivity index (χ1n) is 8.80. The van der Waals surface area contributed by atoms with Gasteiger partial charge in [-0.3, -0.25) is 4.79 Å². The molecule has 1 N–H and O–H groups in total. The number of amides is 1. The summed E-state index contributed by atoms with van der Waals surface area (Å²) in [6.07, 6.45) is 0. The van der Waals surface area contributed by atoms with Crippen molar-refractivity contribution in [2.75, 3.05) is 5.32 Å². The van der Waals surface area contributed by atoms with Gasteiger partial charge in [0.15, 0.2) is 0 Å². The monoisotopic (exact) mass is 358 g/mol. The van der Waals surface area contributed by atoms with Crippen LogP contribution < -0.4 is 5.32 Å². The minimum absolute atomic E-state index is 0.137. The van der Waals surface area contributed by atoms with Gasteiger partial charge in [0, 0.05) is 17.0 Å². The van der Waals surface area contributed by atoms with E-state index in [9.17, 15) is 4.79 Å². The Hall–Kier alpha value is -3.39. The number of nitriles is 1. The third kappa shape index (κ3) is 4.42.